The van der Waals surface area contributed by atoms with Crippen molar-refractivity contribution in [2.24, 2.45) is 5.41 Å². The first-order valence-electron chi connectivity index (χ1n) is 4.43. The van der Waals surface area contributed by atoms with Crippen molar-refractivity contribution < 1.29 is 5.11 Å². The molecule has 1 aromatic heterocycles. The monoisotopic (exact) mass is 232 g/mol. The lowest BCUT2D eigenvalue weighted by Crippen LogP contribution is -2.11. The maximum atomic E-state index is 9.17. The molecule has 3 nitrogen and oxygen atoms in total. The summed E-state index contributed by atoms with van der Waals surface area (Å²) in [5.74, 6) is 0. The number of hydrogen-bond acceptors (Lipinski definition) is 3. The van der Waals surface area contributed by atoms with E-state index in [-0.39, 0.29) is 12.0 Å². The third-order valence-electron chi connectivity index (χ3n) is 2.68. The minimum atomic E-state index is -0.0159. The lowest BCUT2D eigenvalue weighted by molar-refractivity contribution is 0.211. The highest BCUT2D eigenvalue weighted by Crippen LogP contribution is 2.49. The molecule has 1 aliphatic carbocycles. The summed E-state index contributed by atoms with van der Waals surface area (Å²) in [6.07, 6.45) is 4.05. The normalized spacial score (nSPS) is 18.2. The van der Waals surface area contributed by atoms with Gasteiger partial charge in [-0.1, -0.05) is 23.2 Å². The molecule has 0 aromatic carbocycles. The maximum Gasteiger partial charge on any atom is 0.137 e. The number of halogens is 2. The van der Waals surface area contributed by atoms with E-state index in [1.165, 1.54) is 6.33 Å². The van der Waals surface area contributed by atoms with E-state index in [0.29, 0.717) is 16.7 Å². The molecule has 0 bridgehead atoms. The largest absolute Gasteiger partial charge is 0.396 e. The van der Waals surface area contributed by atoms with E-state index >= 15 is 0 Å². The van der Waals surface area contributed by atoms with Crippen molar-refractivity contribution in [2.75, 3.05) is 6.61 Å². The van der Waals surface area contributed by atoms with Gasteiger partial charge in [0.15, 0.2) is 0 Å². The van der Waals surface area contributed by atoms with Crippen LogP contribution in [0.15, 0.2) is 6.33 Å². The van der Waals surface area contributed by atoms with Crippen LogP contribution in [0.25, 0.3) is 0 Å². The van der Waals surface area contributed by atoms with Crippen LogP contribution < -0.4 is 0 Å². The van der Waals surface area contributed by atoms with E-state index < -0.39 is 0 Å². The maximum absolute atomic E-state index is 9.17. The van der Waals surface area contributed by atoms with Gasteiger partial charge in [-0.05, 0) is 24.7 Å². The molecule has 0 aliphatic heterocycles. The minimum Gasteiger partial charge on any atom is -0.396 e. The van der Waals surface area contributed by atoms with Gasteiger partial charge in [0.05, 0.1) is 0 Å². The van der Waals surface area contributed by atoms with Gasteiger partial charge in [-0.2, -0.15) is 0 Å². The first-order valence-corrected chi connectivity index (χ1v) is 5.18. The van der Waals surface area contributed by atoms with Crippen molar-refractivity contribution in [3.63, 3.8) is 0 Å². The van der Waals surface area contributed by atoms with Crippen LogP contribution in [-0.4, -0.2) is 21.7 Å². The Hall–Kier alpha value is -0.380. The lowest BCUT2D eigenvalue weighted by atomic mass is 10.00. The van der Waals surface area contributed by atoms with Gasteiger partial charge in [-0.25, -0.2) is 9.97 Å². The van der Waals surface area contributed by atoms with Gasteiger partial charge in [0.1, 0.15) is 16.6 Å². The Morgan fingerprint density at radius 1 is 1.29 bits per heavy atom. The number of aromatic nitrogens is 2. The molecule has 0 saturated heterocycles. The Balaban J connectivity index is 2.24. The van der Waals surface area contributed by atoms with Gasteiger partial charge in [-0.3, -0.25) is 0 Å². The Morgan fingerprint density at radius 2 is 1.86 bits per heavy atom. The fraction of sp³-hybridized carbons (Fsp3) is 0.556. The van der Waals surface area contributed by atoms with Gasteiger partial charge in [0.25, 0.3) is 0 Å². The van der Waals surface area contributed by atoms with Crippen molar-refractivity contribution in [3.05, 3.63) is 22.2 Å². The summed E-state index contributed by atoms with van der Waals surface area (Å²) in [6, 6.07) is 0. The zero-order valence-electron chi connectivity index (χ0n) is 7.50. The molecule has 1 N–H and O–H groups in total. The summed E-state index contributed by atoms with van der Waals surface area (Å²) in [5, 5.41) is 9.96. The first-order chi connectivity index (χ1) is 6.67. The van der Waals surface area contributed by atoms with E-state index in [0.717, 1.165) is 18.4 Å². The molecule has 0 unspecified atom stereocenters. The molecule has 0 amide bonds. The molecule has 1 heterocycles. The van der Waals surface area contributed by atoms with Crippen molar-refractivity contribution in [3.8, 4) is 0 Å². The van der Waals surface area contributed by atoms with Crippen molar-refractivity contribution in [2.45, 2.75) is 19.3 Å². The first kappa shape index (κ1) is 10.1. The summed E-state index contributed by atoms with van der Waals surface area (Å²) >= 11 is 11.8. The Morgan fingerprint density at radius 3 is 2.29 bits per heavy atom. The summed E-state index contributed by atoms with van der Waals surface area (Å²) in [6.45, 7) is 0.175. The zero-order valence-corrected chi connectivity index (χ0v) is 9.02. The molecule has 0 spiro atoms. The van der Waals surface area contributed by atoms with Crippen molar-refractivity contribution in [1.29, 1.82) is 0 Å². The Labute approximate surface area is 92.1 Å². The quantitative estimate of drug-likeness (QED) is 0.813. The standard InChI is InChI=1S/C9H10Cl2N2O/c10-7-6(8(11)13-5-12-7)3-9(4-14)1-2-9/h5,14H,1-4H2. The van der Waals surface area contributed by atoms with Gasteiger partial charge in [0, 0.05) is 12.2 Å². The Bertz CT molecular complexity index is 332. The number of aliphatic hydroxyl groups excluding tert-OH is 1. The SMILES string of the molecule is OCC1(Cc2c(Cl)ncnc2Cl)CC1. The van der Waals surface area contributed by atoms with E-state index in [9.17, 15) is 5.11 Å². The molecule has 5 heteroatoms. The highest BCUT2D eigenvalue weighted by atomic mass is 35.5. The highest BCUT2D eigenvalue weighted by molar-refractivity contribution is 6.34. The van der Waals surface area contributed by atoms with Crippen molar-refractivity contribution in [1.82, 2.24) is 9.97 Å². The van der Waals surface area contributed by atoms with Crippen LogP contribution >= 0.6 is 23.2 Å². The van der Waals surface area contributed by atoms with Gasteiger partial charge < -0.3 is 5.11 Å². The number of aliphatic hydroxyl groups is 1. The number of rotatable bonds is 3. The summed E-state index contributed by atoms with van der Waals surface area (Å²) < 4.78 is 0. The zero-order chi connectivity index (χ0) is 10.2. The second-order valence-corrected chi connectivity index (χ2v) is 4.48. The molecular formula is C9H10Cl2N2O. The van der Waals surface area contributed by atoms with E-state index in [1.54, 1.807) is 0 Å². The molecule has 14 heavy (non-hydrogen) atoms. The summed E-state index contributed by atoms with van der Waals surface area (Å²) in [4.78, 5) is 7.75. The molecule has 1 aliphatic rings. The minimum absolute atomic E-state index is 0.0159. The molecule has 1 saturated carbocycles. The third kappa shape index (κ3) is 1.85. The number of nitrogens with zero attached hydrogens (tertiary/aromatic N) is 2. The Kier molecular flexibility index (Phi) is 2.64. The van der Waals surface area contributed by atoms with Gasteiger partial charge in [-0.15, -0.1) is 0 Å². The predicted octanol–water partition coefficient (Wildman–Crippen LogP) is 2.10. The lowest BCUT2D eigenvalue weighted by Gasteiger charge is -2.12. The van der Waals surface area contributed by atoms with Gasteiger partial charge in [0.2, 0.25) is 0 Å². The fourth-order valence-corrected chi connectivity index (χ4v) is 1.91. The van der Waals surface area contributed by atoms with Crippen LogP contribution in [-0.2, 0) is 6.42 Å². The van der Waals surface area contributed by atoms with Crippen LogP contribution in [0.4, 0.5) is 0 Å². The van der Waals surface area contributed by atoms with E-state index in [4.69, 9.17) is 23.2 Å². The van der Waals surface area contributed by atoms with Crippen LogP contribution in [0.3, 0.4) is 0 Å². The third-order valence-corrected chi connectivity index (χ3v) is 3.34. The van der Waals surface area contributed by atoms with Gasteiger partial charge >= 0.3 is 0 Å². The second kappa shape index (κ2) is 3.65. The molecular weight excluding hydrogens is 223 g/mol. The molecule has 1 fully saturated rings. The van der Waals surface area contributed by atoms with E-state index in [1.807, 2.05) is 0 Å². The average Bonchev–Trinajstić information content (AvgIpc) is 2.93. The smallest absolute Gasteiger partial charge is 0.137 e. The van der Waals surface area contributed by atoms with Crippen LogP contribution in [0.1, 0.15) is 18.4 Å². The fourth-order valence-electron chi connectivity index (χ4n) is 1.46. The summed E-state index contributed by atoms with van der Waals surface area (Å²) in [7, 11) is 0. The summed E-state index contributed by atoms with van der Waals surface area (Å²) in [5.41, 5.74) is 0.736. The van der Waals surface area contributed by atoms with Crippen LogP contribution in [0.2, 0.25) is 10.3 Å². The number of hydrogen-bond donors (Lipinski definition) is 1. The average molecular weight is 233 g/mol. The molecule has 2 rings (SSSR count). The molecule has 1 aromatic rings. The molecule has 76 valence electrons. The molecule has 0 atom stereocenters. The van der Waals surface area contributed by atoms with Crippen LogP contribution in [0.5, 0.6) is 0 Å². The molecule has 0 radical (unpaired) electrons. The second-order valence-electron chi connectivity index (χ2n) is 3.77. The van der Waals surface area contributed by atoms with Crippen molar-refractivity contribution >= 4 is 23.2 Å². The topological polar surface area (TPSA) is 46.0 Å². The van der Waals surface area contributed by atoms with E-state index in [2.05, 4.69) is 9.97 Å². The highest BCUT2D eigenvalue weighted by Gasteiger charge is 2.42. The van der Waals surface area contributed by atoms with Crippen LogP contribution in [0, 0.1) is 5.41 Å². The predicted molar refractivity (Wildman–Crippen MR) is 54.5 cm³/mol.